The molecule has 0 aliphatic rings. The van der Waals surface area contributed by atoms with Crippen molar-refractivity contribution < 1.29 is 5.11 Å². The van der Waals surface area contributed by atoms with Gasteiger partial charge in [0, 0.05) is 27.9 Å². The second kappa shape index (κ2) is 8.18. The number of rotatable bonds is 1. The van der Waals surface area contributed by atoms with E-state index in [0.717, 1.165) is 22.3 Å². The van der Waals surface area contributed by atoms with E-state index in [1.54, 1.807) is 6.20 Å². The van der Waals surface area contributed by atoms with Crippen LogP contribution >= 0.6 is 11.6 Å². The molecule has 25 heavy (non-hydrogen) atoms. The van der Waals surface area contributed by atoms with Gasteiger partial charge in [-0.3, -0.25) is 0 Å². The maximum Gasteiger partial charge on any atom is 0.113 e. The molecule has 0 atom stereocenters. The third-order valence-electron chi connectivity index (χ3n) is 3.47. The lowest BCUT2D eigenvalue weighted by molar-refractivity contribution is 0.350. The zero-order valence-electron chi connectivity index (χ0n) is 13.3. The Kier molecular flexibility index (Phi) is 5.50. The van der Waals surface area contributed by atoms with Gasteiger partial charge in [-0.15, -0.1) is 0 Å². The van der Waals surface area contributed by atoms with Crippen molar-refractivity contribution >= 4 is 11.6 Å². The molecule has 0 bridgehead atoms. The van der Waals surface area contributed by atoms with E-state index in [2.05, 4.69) is 28.7 Å². The second-order valence-corrected chi connectivity index (χ2v) is 5.66. The molecule has 1 aromatic heterocycles. The third-order valence-corrected chi connectivity index (χ3v) is 3.72. The number of halogens is 1. The van der Waals surface area contributed by atoms with Crippen LogP contribution in [0.5, 0.6) is 0 Å². The van der Waals surface area contributed by atoms with Gasteiger partial charge in [0.15, 0.2) is 0 Å². The van der Waals surface area contributed by atoms with Crippen LogP contribution in [-0.4, -0.2) is 16.7 Å². The molecule has 0 amide bonds. The van der Waals surface area contributed by atoms with Crippen LogP contribution < -0.4 is 0 Å². The normalized spacial score (nSPS) is 9.52. The molecule has 2 nitrogen and oxygen atoms in total. The molecule has 0 fully saturated rings. The Labute approximate surface area is 152 Å². The van der Waals surface area contributed by atoms with Crippen molar-refractivity contribution in [1.29, 1.82) is 0 Å². The Morgan fingerprint density at radius 3 is 2.00 bits per heavy atom. The molecule has 0 saturated heterocycles. The quantitative estimate of drug-likeness (QED) is 0.673. The van der Waals surface area contributed by atoms with Crippen molar-refractivity contribution in [2.24, 2.45) is 0 Å². The number of hydrogen-bond donors (Lipinski definition) is 1. The molecule has 120 valence electrons. The number of aliphatic hydroxyl groups is 1. The smallest absolute Gasteiger partial charge is 0.113 e. The van der Waals surface area contributed by atoms with Crippen molar-refractivity contribution in [3.63, 3.8) is 0 Å². The van der Waals surface area contributed by atoms with Gasteiger partial charge in [-0.2, -0.15) is 0 Å². The average Bonchev–Trinajstić information content (AvgIpc) is 2.67. The minimum absolute atomic E-state index is 0.140. The summed E-state index contributed by atoms with van der Waals surface area (Å²) in [7, 11) is 0. The van der Waals surface area contributed by atoms with E-state index in [1.165, 1.54) is 0 Å². The molecule has 0 radical (unpaired) electrons. The van der Waals surface area contributed by atoms with Gasteiger partial charge in [0.2, 0.25) is 0 Å². The summed E-state index contributed by atoms with van der Waals surface area (Å²) in [5.74, 6) is 11.6. The Bertz CT molecular complexity index is 967. The zero-order valence-corrected chi connectivity index (χ0v) is 14.1. The molecule has 0 spiro atoms. The second-order valence-electron chi connectivity index (χ2n) is 5.23. The van der Waals surface area contributed by atoms with Crippen molar-refractivity contribution in [3.05, 3.63) is 88.7 Å². The first-order chi connectivity index (χ1) is 12.2. The predicted octanol–water partition coefficient (Wildman–Crippen LogP) is 4.15. The molecule has 3 heteroatoms. The Balaban J connectivity index is 1.73. The van der Waals surface area contributed by atoms with Crippen LogP contribution in [0.2, 0.25) is 5.02 Å². The molecule has 0 unspecified atom stereocenters. The highest BCUT2D eigenvalue weighted by atomic mass is 35.5. The van der Waals surface area contributed by atoms with Crippen molar-refractivity contribution in [2.75, 3.05) is 6.61 Å². The zero-order chi connectivity index (χ0) is 17.5. The summed E-state index contributed by atoms with van der Waals surface area (Å²) in [5.41, 5.74) is 4.54. The van der Waals surface area contributed by atoms with E-state index < -0.39 is 0 Å². The van der Waals surface area contributed by atoms with Crippen molar-refractivity contribution in [3.8, 4) is 34.8 Å². The van der Waals surface area contributed by atoms with Crippen LogP contribution in [0.25, 0.3) is 11.1 Å². The van der Waals surface area contributed by atoms with Gasteiger partial charge < -0.3 is 5.11 Å². The van der Waals surface area contributed by atoms with Crippen LogP contribution in [-0.2, 0) is 0 Å². The number of aromatic nitrogens is 1. The van der Waals surface area contributed by atoms with E-state index in [4.69, 9.17) is 16.7 Å². The number of nitrogens with zero attached hydrogens (tertiary/aromatic N) is 1. The largest absolute Gasteiger partial charge is 0.384 e. The summed E-state index contributed by atoms with van der Waals surface area (Å²) < 4.78 is 0. The lowest BCUT2D eigenvalue weighted by Crippen LogP contribution is -1.85. The third kappa shape index (κ3) is 4.72. The summed E-state index contributed by atoms with van der Waals surface area (Å²) in [6.07, 6.45) is 1.81. The van der Waals surface area contributed by atoms with Gasteiger partial charge in [0.25, 0.3) is 0 Å². The highest BCUT2D eigenvalue weighted by Crippen LogP contribution is 2.20. The number of aliphatic hydroxyl groups excluding tert-OH is 1. The molecule has 0 aliphatic carbocycles. The topological polar surface area (TPSA) is 33.1 Å². The first kappa shape index (κ1) is 16.8. The van der Waals surface area contributed by atoms with Crippen LogP contribution in [0.4, 0.5) is 0 Å². The summed E-state index contributed by atoms with van der Waals surface area (Å²) >= 11 is 5.91. The Hall–Kier alpha value is -3.04. The summed E-state index contributed by atoms with van der Waals surface area (Å²) in [4.78, 5) is 4.39. The monoisotopic (exact) mass is 343 g/mol. The van der Waals surface area contributed by atoms with E-state index in [0.29, 0.717) is 10.7 Å². The van der Waals surface area contributed by atoms with Crippen molar-refractivity contribution in [2.45, 2.75) is 0 Å². The maximum atomic E-state index is 8.69. The fraction of sp³-hybridized carbons (Fsp3) is 0.0455. The summed E-state index contributed by atoms with van der Waals surface area (Å²) in [5, 5.41) is 9.40. The minimum Gasteiger partial charge on any atom is -0.384 e. The van der Waals surface area contributed by atoms with Crippen LogP contribution in [0.1, 0.15) is 16.8 Å². The highest BCUT2D eigenvalue weighted by Gasteiger charge is 1.98. The van der Waals surface area contributed by atoms with Crippen LogP contribution in [0.15, 0.2) is 66.9 Å². The van der Waals surface area contributed by atoms with Gasteiger partial charge in [0.1, 0.15) is 12.3 Å². The van der Waals surface area contributed by atoms with Gasteiger partial charge in [-0.05, 0) is 53.9 Å². The number of hydrogen-bond acceptors (Lipinski definition) is 2. The van der Waals surface area contributed by atoms with E-state index in [1.807, 2.05) is 60.7 Å². The highest BCUT2D eigenvalue weighted by molar-refractivity contribution is 6.30. The molecule has 3 aromatic rings. The van der Waals surface area contributed by atoms with Gasteiger partial charge in [-0.25, -0.2) is 4.98 Å². The standard InChI is InChI=1S/C22H14ClNO/c23-21-11-8-19(9-12-21)20-10-14-22(24-16-20)13-7-18-5-3-17(4-6-18)2-1-15-25/h3-6,8-12,14,16,25H,15H2. The van der Waals surface area contributed by atoms with Crippen LogP contribution in [0.3, 0.4) is 0 Å². The Morgan fingerprint density at radius 1 is 0.760 bits per heavy atom. The minimum atomic E-state index is -0.140. The van der Waals surface area contributed by atoms with E-state index in [-0.39, 0.29) is 6.61 Å². The molecule has 0 saturated carbocycles. The first-order valence-corrected chi connectivity index (χ1v) is 8.06. The molecule has 1 heterocycles. The Morgan fingerprint density at radius 2 is 1.40 bits per heavy atom. The molecule has 3 rings (SSSR count). The average molecular weight is 344 g/mol. The number of pyridine rings is 1. The van der Waals surface area contributed by atoms with E-state index in [9.17, 15) is 0 Å². The SMILES string of the molecule is OCC#Cc1ccc(C#Cc2ccc(-c3ccc(Cl)cc3)cn2)cc1. The molecule has 2 aromatic carbocycles. The lowest BCUT2D eigenvalue weighted by Gasteiger charge is -2.01. The van der Waals surface area contributed by atoms with Crippen molar-refractivity contribution in [1.82, 2.24) is 4.98 Å². The maximum absolute atomic E-state index is 8.69. The summed E-state index contributed by atoms with van der Waals surface area (Å²) in [6, 6.07) is 19.1. The fourth-order valence-electron chi connectivity index (χ4n) is 2.20. The molecular formula is C22H14ClNO. The molecular weight excluding hydrogens is 330 g/mol. The molecule has 0 aliphatic heterocycles. The predicted molar refractivity (Wildman–Crippen MR) is 101 cm³/mol. The number of benzene rings is 2. The van der Waals surface area contributed by atoms with Gasteiger partial charge in [0.05, 0.1) is 0 Å². The van der Waals surface area contributed by atoms with E-state index >= 15 is 0 Å². The van der Waals surface area contributed by atoms with Crippen LogP contribution in [0, 0.1) is 23.7 Å². The van der Waals surface area contributed by atoms with Gasteiger partial charge >= 0.3 is 0 Å². The van der Waals surface area contributed by atoms with Gasteiger partial charge in [-0.1, -0.05) is 47.6 Å². The molecule has 1 N–H and O–H groups in total. The fourth-order valence-corrected chi connectivity index (χ4v) is 2.32. The lowest BCUT2D eigenvalue weighted by atomic mass is 10.1. The summed E-state index contributed by atoms with van der Waals surface area (Å²) in [6.45, 7) is -0.140. The first-order valence-electron chi connectivity index (χ1n) is 7.68.